The number of hydrogen-bond acceptors (Lipinski definition) is 4. The van der Waals surface area contributed by atoms with Crippen LogP contribution in [0, 0.1) is 6.92 Å². The van der Waals surface area contributed by atoms with E-state index in [9.17, 15) is 8.42 Å². The Hall–Kier alpha value is -0.600. The van der Waals surface area contributed by atoms with Crippen molar-refractivity contribution in [3.05, 3.63) is 43.5 Å². The van der Waals surface area contributed by atoms with E-state index in [4.69, 9.17) is 16.7 Å². The molecule has 2 aromatic rings. The number of sulfonamides is 1. The lowest BCUT2D eigenvalue weighted by Gasteiger charge is -2.09. The van der Waals surface area contributed by atoms with Crippen LogP contribution in [0.25, 0.3) is 0 Å². The number of aliphatic hydroxyl groups excluding tert-OH is 1. The highest BCUT2D eigenvalue weighted by Gasteiger charge is 2.21. The third kappa shape index (κ3) is 3.35. The molecule has 0 aliphatic rings. The van der Waals surface area contributed by atoms with E-state index in [-0.39, 0.29) is 11.5 Å². The molecule has 0 spiro atoms. The van der Waals surface area contributed by atoms with E-state index in [1.54, 1.807) is 18.2 Å². The summed E-state index contributed by atoms with van der Waals surface area (Å²) in [7, 11) is -3.75. The Morgan fingerprint density at radius 1 is 1.40 bits per heavy atom. The standard InChI is InChI=1S/C12H11BrClNO3S2/c1-7-2-3-10(9(14)4-7)15-20(17,18)11-5-8(6-16)19-12(11)13/h2-5,15-16H,6H2,1H3. The van der Waals surface area contributed by atoms with Crippen LogP contribution < -0.4 is 4.72 Å². The van der Waals surface area contributed by atoms with Gasteiger partial charge in [-0.1, -0.05) is 17.7 Å². The monoisotopic (exact) mass is 395 g/mol. The molecule has 2 rings (SSSR count). The number of rotatable bonds is 4. The first-order valence-corrected chi connectivity index (χ1v) is 8.98. The molecule has 20 heavy (non-hydrogen) atoms. The number of nitrogens with one attached hydrogen (secondary N) is 1. The van der Waals surface area contributed by atoms with E-state index in [1.165, 1.54) is 17.4 Å². The van der Waals surface area contributed by atoms with E-state index in [1.807, 2.05) is 6.92 Å². The fraction of sp³-hybridized carbons (Fsp3) is 0.167. The SMILES string of the molecule is Cc1ccc(NS(=O)(=O)c2cc(CO)sc2Br)c(Cl)c1. The number of thiophene rings is 1. The predicted molar refractivity (Wildman–Crippen MR) is 84.9 cm³/mol. The molecule has 2 N–H and O–H groups in total. The van der Waals surface area contributed by atoms with Gasteiger partial charge in [-0.3, -0.25) is 4.72 Å². The van der Waals surface area contributed by atoms with Crippen molar-refractivity contribution >= 4 is 54.6 Å². The van der Waals surface area contributed by atoms with Gasteiger partial charge >= 0.3 is 0 Å². The summed E-state index contributed by atoms with van der Waals surface area (Å²) in [5, 5.41) is 9.39. The van der Waals surface area contributed by atoms with Gasteiger partial charge in [0, 0.05) is 4.88 Å². The van der Waals surface area contributed by atoms with E-state index in [0.29, 0.717) is 19.4 Å². The predicted octanol–water partition coefficient (Wildman–Crippen LogP) is 3.77. The Bertz CT molecular complexity index is 743. The van der Waals surface area contributed by atoms with Gasteiger partial charge < -0.3 is 5.11 Å². The highest BCUT2D eigenvalue weighted by molar-refractivity contribution is 9.11. The van der Waals surface area contributed by atoms with Gasteiger partial charge in [-0.25, -0.2) is 8.42 Å². The lowest BCUT2D eigenvalue weighted by molar-refractivity contribution is 0.285. The molecule has 1 aromatic carbocycles. The Labute approximate surface area is 134 Å². The normalized spacial score (nSPS) is 11.6. The molecule has 0 radical (unpaired) electrons. The van der Waals surface area contributed by atoms with Gasteiger partial charge in [0.25, 0.3) is 10.0 Å². The summed E-state index contributed by atoms with van der Waals surface area (Å²) >= 11 is 10.4. The molecule has 0 saturated carbocycles. The molecule has 0 amide bonds. The lowest BCUT2D eigenvalue weighted by Crippen LogP contribution is -2.13. The number of benzene rings is 1. The maximum atomic E-state index is 12.3. The molecule has 0 aliphatic carbocycles. The van der Waals surface area contributed by atoms with E-state index < -0.39 is 10.0 Å². The van der Waals surface area contributed by atoms with E-state index >= 15 is 0 Å². The summed E-state index contributed by atoms with van der Waals surface area (Å²) < 4.78 is 27.5. The van der Waals surface area contributed by atoms with Crippen molar-refractivity contribution in [2.45, 2.75) is 18.4 Å². The summed E-state index contributed by atoms with van der Waals surface area (Å²) in [4.78, 5) is 0.649. The van der Waals surface area contributed by atoms with Gasteiger partial charge in [0.1, 0.15) is 4.90 Å². The van der Waals surface area contributed by atoms with Crippen molar-refractivity contribution in [3.8, 4) is 0 Å². The van der Waals surface area contributed by atoms with Crippen molar-refractivity contribution in [3.63, 3.8) is 0 Å². The largest absolute Gasteiger partial charge is 0.391 e. The second-order valence-corrected chi connectivity index (χ2v) is 8.61. The topological polar surface area (TPSA) is 66.4 Å². The number of hydrogen-bond donors (Lipinski definition) is 2. The van der Waals surface area contributed by atoms with Gasteiger partial charge in [0.05, 0.1) is 21.1 Å². The third-order valence-corrected chi connectivity index (χ3v) is 6.44. The smallest absolute Gasteiger partial charge is 0.263 e. The minimum absolute atomic E-state index is 0.0863. The number of aliphatic hydroxyl groups is 1. The summed E-state index contributed by atoms with van der Waals surface area (Å²) in [6, 6.07) is 6.49. The average Bonchev–Trinajstić information content (AvgIpc) is 2.75. The van der Waals surface area contributed by atoms with Crippen LogP contribution in [-0.4, -0.2) is 13.5 Å². The van der Waals surface area contributed by atoms with Gasteiger partial charge in [-0.2, -0.15) is 0 Å². The van der Waals surface area contributed by atoms with Gasteiger partial charge in [-0.05, 0) is 46.6 Å². The zero-order valence-corrected chi connectivity index (χ0v) is 14.3. The van der Waals surface area contributed by atoms with Crippen LogP contribution in [0.5, 0.6) is 0 Å². The van der Waals surface area contributed by atoms with Crippen LogP contribution in [0.1, 0.15) is 10.4 Å². The minimum atomic E-state index is -3.75. The summed E-state index contributed by atoms with van der Waals surface area (Å²) in [5.74, 6) is 0. The number of anilines is 1. The molecule has 0 unspecified atom stereocenters. The van der Waals surface area contributed by atoms with Crippen LogP contribution in [-0.2, 0) is 16.6 Å². The maximum absolute atomic E-state index is 12.3. The van der Waals surface area contributed by atoms with Gasteiger partial charge in [-0.15, -0.1) is 11.3 Å². The summed E-state index contributed by atoms with van der Waals surface area (Å²) in [6.45, 7) is 1.66. The molecule has 0 fully saturated rings. The van der Waals surface area contributed by atoms with E-state index in [2.05, 4.69) is 20.7 Å². The first-order chi connectivity index (χ1) is 9.33. The van der Waals surface area contributed by atoms with Crippen LogP contribution in [0.15, 0.2) is 32.9 Å². The number of aryl methyl sites for hydroxylation is 1. The molecule has 4 nitrogen and oxygen atoms in total. The van der Waals surface area contributed by atoms with Crippen LogP contribution in [0.4, 0.5) is 5.69 Å². The fourth-order valence-corrected chi connectivity index (χ4v) is 5.52. The Morgan fingerprint density at radius 2 is 2.10 bits per heavy atom. The Balaban J connectivity index is 2.38. The van der Waals surface area contributed by atoms with Crippen molar-refractivity contribution in [1.29, 1.82) is 0 Å². The average molecular weight is 397 g/mol. The first kappa shape index (κ1) is 15.8. The van der Waals surface area contributed by atoms with Crippen LogP contribution in [0.3, 0.4) is 0 Å². The second-order valence-electron chi connectivity index (χ2n) is 4.10. The highest BCUT2D eigenvalue weighted by Crippen LogP contribution is 2.34. The van der Waals surface area contributed by atoms with Crippen molar-refractivity contribution in [1.82, 2.24) is 0 Å². The van der Waals surface area contributed by atoms with Gasteiger partial charge in [0.15, 0.2) is 0 Å². The Morgan fingerprint density at radius 3 is 2.65 bits per heavy atom. The summed E-state index contributed by atoms with van der Waals surface area (Å²) in [6.07, 6.45) is 0. The zero-order chi connectivity index (χ0) is 14.9. The highest BCUT2D eigenvalue weighted by atomic mass is 79.9. The maximum Gasteiger partial charge on any atom is 0.263 e. The first-order valence-electron chi connectivity index (χ1n) is 5.51. The molecule has 8 heteroatoms. The molecule has 108 valence electrons. The molecule has 0 aliphatic heterocycles. The van der Waals surface area contributed by atoms with Crippen molar-refractivity contribution in [2.24, 2.45) is 0 Å². The van der Waals surface area contributed by atoms with Crippen molar-refractivity contribution in [2.75, 3.05) is 4.72 Å². The van der Waals surface area contributed by atoms with E-state index in [0.717, 1.165) is 5.56 Å². The van der Waals surface area contributed by atoms with Crippen molar-refractivity contribution < 1.29 is 13.5 Å². The molecule has 0 saturated heterocycles. The number of halogens is 2. The molecule has 1 aromatic heterocycles. The third-order valence-electron chi connectivity index (χ3n) is 2.52. The summed E-state index contributed by atoms with van der Waals surface area (Å²) in [5.41, 5.74) is 1.26. The molecule has 1 heterocycles. The molecular formula is C12H11BrClNO3S2. The minimum Gasteiger partial charge on any atom is -0.391 e. The molecular weight excluding hydrogens is 386 g/mol. The van der Waals surface area contributed by atoms with Crippen LogP contribution in [0.2, 0.25) is 5.02 Å². The lowest BCUT2D eigenvalue weighted by atomic mass is 10.2. The second kappa shape index (κ2) is 6.03. The molecule has 0 bridgehead atoms. The Kier molecular flexibility index (Phi) is 4.76. The quantitative estimate of drug-likeness (QED) is 0.827. The fourth-order valence-electron chi connectivity index (χ4n) is 1.56. The van der Waals surface area contributed by atoms with Crippen LogP contribution >= 0.6 is 38.9 Å². The molecule has 0 atom stereocenters. The van der Waals surface area contributed by atoms with Gasteiger partial charge in [0.2, 0.25) is 0 Å². The zero-order valence-electron chi connectivity index (χ0n) is 10.4.